The van der Waals surface area contributed by atoms with Crippen molar-refractivity contribution in [3.8, 4) is 11.5 Å². The van der Waals surface area contributed by atoms with Crippen LogP contribution >= 0.6 is 22.9 Å². The number of hydrogen-bond donors (Lipinski definition) is 1. The second-order valence-electron chi connectivity index (χ2n) is 4.00. The molecule has 6 nitrogen and oxygen atoms in total. The van der Waals surface area contributed by atoms with Crippen LogP contribution in [0.4, 0.5) is 5.13 Å². The van der Waals surface area contributed by atoms with Crippen LogP contribution in [0.2, 0.25) is 5.02 Å². The monoisotopic (exact) mass is 311 g/mol. The van der Waals surface area contributed by atoms with Crippen molar-refractivity contribution in [2.45, 2.75) is 13.3 Å². The molecule has 0 fully saturated rings. The van der Waals surface area contributed by atoms with Gasteiger partial charge in [0.05, 0.1) is 5.02 Å². The number of benzene rings is 1. The average Bonchev–Trinajstić information content (AvgIpc) is 3.07. The third-order valence-electron chi connectivity index (χ3n) is 2.68. The van der Waals surface area contributed by atoms with Gasteiger partial charge < -0.3 is 9.47 Å². The molecule has 0 bridgehead atoms. The number of ether oxygens (including phenoxy) is 2. The average molecular weight is 312 g/mol. The molecule has 1 aromatic carbocycles. The Balaban J connectivity index is 1.82. The molecule has 0 radical (unpaired) electrons. The number of nitrogens with zero attached hydrogens (tertiary/aromatic N) is 2. The van der Waals surface area contributed by atoms with Gasteiger partial charge >= 0.3 is 0 Å². The van der Waals surface area contributed by atoms with Crippen LogP contribution < -0.4 is 14.8 Å². The Labute approximate surface area is 123 Å². The molecule has 0 saturated heterocycles. The first kappa shape index (κ1) is 13.1. The number of anilines is 1. The zero-order chi connectivity index (χ0) is 14.1. The van der Waals surface area contributed by atoms with Crippen molar-refractivity contribution in [3.05, 3.63) is 27.7 Å². The minimum Gasteiger partial charge on any atom is -0.454 e. The van der Waals surface area contributed by atoms with Gasteiger partial charge in [0.15, 0.2) is 11.5 Å². The fourth-order valence-corrected chi connectivity index (χ4v) is 2.65. The Morgan fingerprint density at radius 2 is 2.30 bits per heavy atom. The lowest BCUT2D eigenvalue weighted by molar-refractivity contribution is 0.102. The van der Waals surface area contributed by atoms with Gasteiger partial charge in [0.25, 0.3) is 5.91 Å². The Kier molecular flexibility index (Phi) is 3.45. The van der Waals surface area contributed by atoms with E-state index in [0.29, 0.717) is 27.2 Å². The topological polar surface area (TPSA) is 73.3 Å². The van der Waals surface area contributed by atoms with Crippen LogP contribution in [0, 0.1) is 0 Å². The zero-order valence-corrected chi connectivity index (χ0v) is 12.0. The van der Waals surface area contributed by atoms with E-state index in [2.05, 4.69) is 15.5 Å². The molecule has 2 heterocycles. The van der Waals surface area contributed by atoms with Gasteiger partial charge in [-0.25, -0.2) is 0 Å². The number of amides is 1. The van der Waals surface area contributed by atoms with Crippen molar-refractivity contribution in [2.75, 3.05) is 12.1 Å². The number of fused-ring (bicyclic) bond motifs is 1. The molecule has 1 aromatic heterocycles. The predicted molar refractivity (Wildman–Crippen MR) is 74.8 cm³/mol. The van der Waals surface area contributed by atoms with Crippen LogP contribution in [0.25, 0.3) is 0 Å². The Hall–Kier alpha value is -1.86. The van der Waals surface area contributed by atoms with Crippen LogP contribution in [-0.2, 0) is 6.42 Å². The molecular weight excluding hydrogens is 302 g/mol. The summed E-state index contributed by atoms with van der Waals surface area (Å²) in [5.41, 5.74) is 0.382. The Bertz CT molecular complexity index is 674. The second-order valence-corrected chi connectivity index (χ2v) is 5.47. The molecule has 1 amide bonds. The van der Waals surface area contributed by atoms with Crippen LogP contribution in [0.15, 0.2) is 12.1 Å². The first-order chi connectivity index (χ1) is 9.67. The fourth-order valence-electron chi connectivity index (χ4n) is 1.71. The summed E-state index contributed by atoms with van der Waals surface area (Å²) in [4.78, 5) is 12.1. The summed E-state index contributed by atoms with van der Waals surface area (Å²) in [6.07, 6.45) is 0.781. The van der Waals surface area contributed by atoms with Crippen molar-refractivity contribution >= 4 is 34.0 Å². The molecule has 8 heteroatoms. The number of carbonyl (C=O) groups excluding carboxylic acids is 1. The normalized spacial score (nSPS) is 12.5. The quantitative estimate of drug-likeness (QED) is 0.943. The third kappa shape index (κ3) is 2.41. The molecule has 1 N–H and O–H groups in total. The predicted octanol–water partition coefficient (Wildman–Crippen LogP) is 2.73. The highest BCUT2D eigenvalue weighted by atomic mass is 35.5. The first-order valence-electron chi connectivity index (χ1n) is 5.90. The summed E-state index contributed by atoms with van der Waals surface area (Å²) in [5.74, 6) is 0.616. The number of nitrogens with one attached hydrogen (secondary N) is 1. The largest absolute Gasteiger partial charge is 0.454 e. The van der Waals surface area contributed by atoms with Crippen LogP contribution in [-0.4, -0.2) is 22.9 Å². The van der Waals surface area contributed by atoms with Crippen molar-refractivity contribution in [2.24, 2.45) is 0 Å². The maximum atomic E-state index is 12.1. The van der Waals surface area contributed by atoms with E-state index in [1.807, 2.05) is 6.92 Å². The molecule has 0 spiro atoms. The molecule has 1 aliphatic heterocycles. The van der Waals surface area contributed by atoms with E-state index in [0.717, 1.165) is 11.4 Å². The summed E-state index contributed by atoms with van der Waals surface area (Å²) in [6.45, 7) is 2.08. The second kappa shape index (κ2) is 5.26. The van der Waals surface area contributed by atoms with Crippen molar-refractivity contribution in [1.82, 2.24) is 10.2 Å². The molecule has 0 aliphatic carbocycles. The molecule has 0 atom stereocenters. The highest BCUT2D eigenvalue weighted by Crippen LogP contribution is 2.39. The lowest BCUT2D eigenvalue weighted by Crippen LogP contribution is -2.11. The van der Waals surface area contributed by atoms with Crippen LogP contribution in [0.5, 0.6) is 11.5 Å². The summed E-state index contributed by atoms with van der Waals surface area (Å²) in [5, 5.41) is 12.2. The van der Waals surface area contributed by atoms with Gasteiger partial charge in [-0.3, -0.25) is 10.1 Å². The van der Waals surface area contributed by atoms with Gasteiger partial charge in [0.2, 0.25) is 11.9 Å². The van der Waals surface area contributed by atoms with Crippen LogP contribution in [0.3, 0.4) is 0 Å². The minimum absolute atomic E-state index is 0.108. The SMILES string of the molecule is CCc1nnc(NC(=O)c2cc(Cl)c3c(c2)OCO3)s1. The minimum atomic E-state index is -0.316. The molecular formula is C12H10ClN3O3S. The molecule has 3 rings (SSSR count). The Morgan fingerprint density at radius 1 is 1.45 bits per heavy atom. The van der Waals surface area contributed by atoms with Gasteiger partial charge in [-0.2, -0.15) is 0 Å². The summed E-state index contributed by atoms with van der Waals surface area (Å²) in [7, 11) is 0. The van der Waals surface area contributed by atoms with Crippen molar-refractivity contribution < 1.29 is 14.3 Å². The van der Waals surface area contributed by atoms with E-state index in [1.165, 1.54) is 17.4 Å². The summed E-state index contributed by atoms with van der Waals surface area (Å²) >= 11 is 7.38. The van der Waals surface area contributed by atoms with Gasteiger partial charge in [0.1, 0.15) is 5.01 Å². The number of hydrogen-bond acceptors (Lipinski definition) is 6. The molecule has 20 heavy (non-hydrogen) atoms. The van der Waals surface area contributed by atoms with E-state index >= 15 is 0 Å². The Morgan fingerprint density at radius 3 is 3.05 bits per heavy atom. The maximum absolute atomic E-state index is 12.1. The molecule has 0 saturated carbocycles. The van der Waals surface area contributed by atoms with Crippen LogP contribution in [0.1, 0.15) is 22.3 Å². The highest BCUT2D eigenvalue weighted by Gasteiger charge is 2.21. The van der Waals surface area contributed by atoms with E-state index < -0.39 is 0 Å². The molecule has 104 valence electrons. The standard InChI is InChI=1S/C12H10ClN3O3S/c1-2-9-15-16-12(20-9)14-11(17)6-3-7(13)10-8(4-6)18-5-19-10/h3-4H,2,5H2,1H3,(H,14,16,17). The van der Waals surface area contributed by atoms with Gasteiger partial charge in [-0.15, -0.1) is 10.2 Å². The van der Waals surface area contributed by atoms with E-state index in [9.17, 15) is 4.79 Å². The van der Waals surface area contributed by atoms with E-state index in [-0.39, 0.29) is 12.7 Å². The third-order valence-corrected chi connectivity index (χ3v) is 3.94. The number of rotatable bonds is 3. The van der Waals surface area contributed by atoms with Crippen molar-refractivity contribution in [1.29, 1.82) is 0 Å². The zero-order valence-electron chi connectivity index (χ0n) is 10.5. The summed E-state index contributed by atoms with van der Waals surface area (Å²) in [6, 6.07) is 3.12. The van der Waals surface area contributed by atoms with Gasteiger partial charge in [0, 0.05) is 5.56 Å². The lowest BCUT2D eigenvalue weighted by atomic mass is 10.2. The number of carbonyl (C=O) groups is 1. The molecule has 1 aliphatic rings. The fraction of sp³-hybridized carbons (Fsp3) is 0.250. The molecule has 2 aromatic rings. The maximum Gasteiger partial charge on any atom is 0.257 e. The van der Waals surface area contributed by atoms with E-state index in [1.54, 1.807) is 6.07 Å². The van der Waals surface area contributed by atoms with Gasteiger partial charge in [-0.1, -0.05) is 29.9 Å². The molecule has 0 unspecified atom stereocenters. The number of aromatic nitrogens is 2. The first-order valence-corrected chi connectivity index (χ1v) is 7.09. The van der Waals surface area contributed by atoms with Crippen molar-refractivity contribution in [3.63, 3.8) is 0 Å². The number of halogens is 1. The number of aryl methyl sites for hydroxylation is 1. The van der Waals surface area contributed by atoms with Gasteiger partial charge in [-0.05, 0) is 18.6 Å². The van der Waals surface area contributed by atoms with E-state index in [4.69, 9.17) is 21.1 Å². The highest BCUT2D eigenvalue weighted by molar-refractivity contribution is 7.15. The smallest absolute Gasteiger partial charge is 0.257 e. The lowest BCUT2D eigenvalue weighted by Gasteiger charge is -2.04. The summed E-state index contributed by atoms with van der Waals surface area (Å²) < 4.78 is 10.4.